The lowest BCUT2D eigenvalue weighted by Crippen LogP contribution is -2.70. The van der Waals surface area contributed by atoms with Gasteiger partial charge in [-0.3, -0.25) is 0 Å². The van der Waals surface area contributed by atoms with Crippen molar-refractivity contribution in [2.45, 2.75) is 51.5 Å². The van der Waals surface area contributed by atoms with Crippen LogP contribution in [0.5, 0.6) is 0 Å². The van der Waals surface area contributed by atoms with Crippen molar-refractivity contribution in [2.24, 2.45) is 0 Å². The summed E-state index contributed by atoms with van der Waals surface area (Å²) < 4.78 is 18.8. The van der Waals surface area contributed by atoms with E-state index in [1.54, 1.807) is 12.1 Å². The second-order valence-electron chi connectivity index (χ2n) is 7.32. The van der Waals surface area contributed by atoms with E-state index < -0.39 is 0 Å². The molecule has 124 valence electrons. The molecule has 2 atom stereocenters. The zero-order valence-corrected chi connectivity index (χ0v) is 14.8. The largest absolute Gasteiger partial charge is 0.207 e. The minimum Gasteiger partial charge on any atom is -0.207 e. The first-order valence-electron chi connectivity index (χ1n) is 8.79. The minimum absolute atomic E-state index is 0.123. The van der Waals surface area contributed by atoms with Gasteiger partial charge in [-0.05, 0) is 49.2 Å². The lowest BCUT2D eigenvalue weighted by atomic mass is 9.63. The molecule has 1 aliphatic rings. The minimum atomic E-state index is -0.156. The van der Waals surface area contributed by atoms with Crippen LogP contribution in [-0.2, 0) is 11.0 Å². The van der Waals surface area contributed by atoms with E-state index in [1.165, 1.54) is 10.9 Å². The van der Waals surface area contributed by atoms with E-state index in [1.807, 2.05) is 6.07 Å². The average molecular weight is 323 g/mol. The monoisotopic (exact) mass is 323 g/mol. The SMILES string of the molecule is CCC1(C)c2cc(F)ccc2-n2c3ccccc3c[n+]2C1(C)CC. The Bertz CT molecular complexity index is 942. The van der Waals surface area contributed by atoms with Crippen LogP contribution in [0.1, 0.15) is 46.1 Å². The molecular weight excluding hydrogens is 299 g/mol. The predicted octanol–water partition coefficient (Wildman–Crippen LogP) is 4.86. The van der Waals surface area contributed by atoms with Crippen molar-refractivity contribution < 1.29 is 9.07 Å². The summed E-state index contributed by atoms with van der Waals surface area (Å²) in [4.78, 5) is 0. The fourth-order valence-corrected chi connectivity index (χ4v) is 4.51. The van der Waals surface area contributed by atoms with E-state index in [0.717, 1.165) is 24.1 Å². The highest BCUT2D eigenvalue weighted by molar-refractivity contribution is 5.79. The number of hydrogen-bond donors (Lipinski definition) is 0. The van der Waals surface area contributed by atoms with Crippen LogP contribution in [0.25, 0.3) is 16.6 Å². The van der Waals surface area contributed by atoms with Gasteiger partial charge in [0.2, 0.25) is 6.20 Å². The van der Waals surface area contributed by atoms with E-state index in [0.29, 0.717) is 0 Å². The molecule has 0 amide bonds. The van der Waals surface area contributed by atoms with Crippen molar-refractivity contribution in [1.82, 2.24) is 4.68 Å². The molecule has 24 heavy (non-hydrogen) atoms. The Kier molecular flexibility index (Phi) is 3.15. The van der Waals surface area contributed by atoms with Crippen LogP contribution in [0.2, 0.25) is 0 Å². The topological polar surface area (TPSA) is 8.81 Å². The summed E-state index contributed by atoms with van der Waals surface area (Å²) in [6.45, 7) is 9.03. The van der Waals surface area contributed by atoms with Crippen LogP contribution in [0.15, 0.2) is 48.7 Å². The van der Waals surface area contributed by atoms with Gasteiger partial charge in [0.25, 0.3) is 0 Å². The number of halogens is 1. The Morgan fingerprint density at radius 1 is 1.04 bits per heavy atom. The number of para-hydroxylation sites is 1. The van der Waals surface area contributed by atoms with Gasteiger partial charge in [-0.1, -0.05) is 26.0 Å². The fraction of sp³-hybridized carbons (Fsp3) is 0.381. The van der Waals surface area contributed by atoms with Crippen molar-refractivity contribution in [3.05, 3.63) is 60.0 Å². The summed E-state index contributed by atoms with van der Waals surface area (Å²) in [5.41, 5.74) is 3.11. The molecule has 0 radical (unpaired) electrons. The third-order valence-electron chi connectivity index (χ3n) is 6.51. The highest BCUT2D eigenvalue weighted by atomic mass is 19.1. The van der Waals surface area contributed by atoms with Crippen LogP contribution in [0.4, 0.5) is 4.39 Å². The molecule has 0 bridgehead atoms. The molecule has 3 aromatic rings. The lowest BCUT2D eigenvalue weighted by Gasteiger charge is -2.45. The van der Waals surface area contributed by atoms with E-state index in [-0.39, 0.29) is 16.8 Å². The van der Waals surface area contributed by atoms with Crippen LogP contribution in [-0.4, -0.2) is 4.68 Å². The van der Waals surface area contributed by atoms with Crippen LogP contribution >= 0.6 is 0 Å². The smallest absolute Gasteiger partial charge is 0.204 e. The zero-order valence-electron chi connectivity index (χ0n) is 14.8. The first-order valence-corrected chi connectivity index (χ1v) is 8.79. The molecule has 0 N–H and O–H groups in total. The maximum Gasteiger partial charge on any atom is 0.204 e. The second kappa shape index (κ2) is 4.92. The molecule has 3 heteroatoms. The predicted molar refractivity (Wildman–Crippen MR) is 95.0 cm³/mol. The third kappa shape index (κ3) is 1.68. The van der Waals surface area contributed by atoms with Gasteiger partial charge in [0.15, 0.2) is 5.54 Å². The van der Waals surface area contributed by atoms with E-state index in [2.05, 4.69) is 67.5 Å². The molecule has 2 nitrogen and oxygen atoms in total. The van der Waals surface area contributed by atoms with Gasteiger partial charge in [0.05, 0.1) is 10.8 Å². The lowest BCUT2D eigenvalue weighted by molar-refractivity contribution is -0.834. The van der Waals surface area contributed by atoms with Crippen LogP contribution in [0.3, 0.4) is 0 Å². The molecular formula is C21H24FN2+. The van der Waals surface area contributed by atoms with Crippen molar-refractivity contribution in [2.75, 3.05) is 0 Å². The number of rotatable bonds is 2. The molecule has 0 aliphatic carbocycles. The maximum atomic E-state index is 14.1. The third-order valence-corrected chi connectivity index (χ3v) is 6.51. The normalized spacial score (nSPS) is 25.5. The number of aromatic nitrogens is 2. The van der Waals surface area contributed by atoms with Gasteiger partial charge in [-0.25, -0.2) is 4.39 Å². The quantitative estimate of drug-likeness (QED) is 0.595. The van der Waals surface area contributed by atoms with Gasteiger partial charge in [0.1, 0.15) is 17.0 Å². The Hall–Kier alpha value is -2.16. The number of hydrogen-bond acceptors (Lipinski definition) is 0. The molecule has 0 saturated carbocycles. The number of fused-ring (bicyclic) bond motifs is 5. The van der Waals surface area contributed by atoms with Gasteiger partial charge in [0, 0.05) is 13.3 Å². The van der Waals surface area contributed by atoms with Crippen LogP contribution < -0.4 is 4.68 Å². The molecule has 2 aromatic carbocycles. The van der Waals surface area contributed by atoms with Crippen LogP contribution in [0, 0.1) is 5.82 Å². The van der Waals surface area contributed by atoms with Crippen molar-refractivity contribution >= 4 is 10.9 Å². The Labute approximate surface area is 142 Å². The highest BCUT2D eigenvalue weighted by Gasteiger charge is 2.57. The van der Waals surface area contributed by atoms with Gasteiger partial charge in [-0.15, -0.1) is 9.36 Å². The maximum absolute atomic E-state index is 14.1. The summed E-state index contributed by atoms with van der Waals surface area (Å²) in [5, 5.41) is 1.22. The summed E-state index contributed by atoms with van der Waals surface area (Å²) in [6, 6.07) is 13.7. The van der Waals surface area contributed by atoms with E-state index in [9.17, 15) is 4.39 Å². The molecule has 0 fully saturated rings. The molecule has 0 saturated heterocycles. The number of nitrogens with zero attached hydrogens (tertiary/aromatic N) is 2. The molecule has 1 aromatic heterocycles. The first-order chi connectivity index (χ1) is 11.5. The molecule has 2 unspecified atom stereocenters. The Balaban J connectivity index is 2.20. The van der Waals surface area contributed by atoms with Gasteiger partial charge >= 0.3 is 0 Å². The average Bonchev–Trinajstić information content (AvgIpc) is 2.99. The molecule has 1 aliphatic heterocycles. The standard InChI is InChI=1S/C21H24FN2/c1-5-20(3)17-13-16(22)11-12-19(17)24-18-10-8-7-9-15(18)14-23(24)21(20,4)6-2/h7-14H,5-6H2,1-4H3/q+1. The summed E-state index contributed by atoms with van der Waals surface area (Å²) in [7, 11) is 0. The van der Waals surface area contributed by atoms with Gasteiger partial charge < -0.3 is 0 Å². The Morgan fingerprint density at radius 2 is 1.79 bits per heavy atom. The summed E-state index contributed by atoms with van der Waals surface area (Å²) in [5.74, 6) is -0.156. The molecule has 4 rings (SSSR count). The molecule has 0 spiro atoms. The zero-order chi connectivity index (χ0) is 17.1. The number of benzene rings is 2. The van der Waals surface area contributed by atoms with E-state index >= 15 is 0 Å². The van der Waals surface area contributed by atoms with Crippen molar-refractivity contribution in [1.29, 1.82) is 0 Å². The fourth-order valence-electron chi connectivity index (χ4n) is 4.51. The molecule has 2 heterocycles. The second-order valence-corrected chi connectivity index (χ2v) is 7.32. The Morgan fingerprint density at radius 3 is 2.50 bits per heavy atom. The van der Waals surface area contributed by atoms with E-state index in [4.69, 9.17) is 0 Å². The summed E-state index contributed by atoms with van der Waals surface area (Å²) >= 11 is 0. The summed E-state index contributed by atoms with van der Waals surface area (Å²) in [6.07, 6.45) is 4.19. The van der Waals surface area contributed by atoms with Gasteiger partial charge in [-0.2, -0.15) is 0 Å². The highest BCUT2D eigenvalue weighted by Crippen LogP contribution is 2.48. The van der Waals surface area contributed by atoms with Crippen molar-refractivity contribution in [3.8, 4) is 5.69 Å². The first kappa shape index (κ1) is 15.4. The van der Waals surface area contributed by atoms with Crippen molar-refractivity contribution in [3.63, 3.8) is 0 Å².